The summed E-state index contributed by atoms with van der Waals surface area (Å²) in [5.74, 6) is 0.701. The van der Waals surface area contributed by atoms with Crippen LogP contribution in [-0.2, 0) is 0 Å². The van der Waals surface area contributed by atoms with Crippen LogP contribution in [0.15, 0.2) is 11.3 Å². The predicted molar refractivity (Wildman–Crippen MR) is 40.6 cm³/mol. The zero-order valence-electron chi connectivity index (χ0n) is 6.15. The van der Waals surface area contributed by atoms with Gasteiger partial charge in [-0.15, -0.1) is 0 Å². The molecule has 0 spiro atoms. The van der Waals surface area contributed by atoms with Gasteiger partial charge >= 0.3 is 0 Å². The first-order valence-electron chi connectivity index (χ1n) is 3.14. The molecule has 0 fully saturated rings. The molecule has 0 saturated carbocycles. The number of rotatable bonds is 2. The van der Waals surface area contributed by atoms with E-state index in [1.807, 2.05) is 6.92 Å². The highest BCUT2D eigenvalue weighted by Crippen LogP contribution is 2.08. The third-order valence-electron chi connectivity index (χ3n) is 1.17. The molecule has 0 aliphatic heterocycles. The molecule has 1 heterocycles. The van der Waals surface area contributed by atoms with Crippen LogP contribution >= 0.6 is 0 Å². The summed E-state index contributed by atoms with van der Waals surface area (Å²) >= 11 is 0. The zero-order valence-corrected chi connectivity index (χ0v) is 6.15. The van der Waals surface area contributed by atoms with Crippen molar-refractivity contribution in [3.8, 4) is 0 Å². The summed E-state index contributed by atoms with van der Waals surface area (Å²) in [4.78, 5) is 7.74. The summed E-state index contributed by atoms with van der Waals surface area (Å²) in [6, 6.07) is -0.164. The normalized spacial score (nSPS) is 12.5. The average Bonchev–Trinajstić information content (AvgIpc) is 2.35. The third-order valence-corrected chi connectivity index (χ3v) is 1.17. The smallest absolute Gasteiger partial charge is 0.186 e. The summed E-state index contributed by atoms with van der Waals surface area (Å²) in [5, 5.41) is 6.33. The number of aliphatic imine (C=N–C) groups is 1. The van der Waals surface area contributed by atoms with E-state index in [9.17, 15) is 0 Å². The molecular weight excluding hydrogens is 144 g/mol. The fourth-order valence-electron chi connectivity index (χ4n) is 0.701. The zero-order chi connectivity index (χ0) is 8.27. The number of nitrogens with zero attached hydrogens (tertiary/aromatic N) is 3. The number of aromatic nitrogens is 3. The molecular formula is C5H10N6. The van der Waals surface area contributed by atoms with Crippen LogP contribution in [0.1, 0.15) is 18.8 Å². The predicted octanol–water partition coefficient (Wildman–Crippen LogP) is -0.861. The standard InChI is InChI=1S/C5H10N6/c1-3(10-5(6)7)4-8-2-9-11-4/h2-3H,1H3,(H4,6,7,10)(H,8,9,11). The Hall–Kier alpha value is -1.59. The van der Waals surface area contributed by atoms with Gasteiger partial charge in [0.15, 0.2) is 5.96 Å². The van der Waals surface area contributed by atoms with Crippen molar-refractivity contribution in [3.05, 3.63) is 12.2 Å². The largest absolute Gasteiger partial charge is 0.370 e. The monoisotopic (exact) mass is 154 g/mol. The van der Waals surface area contributed by atoms with E-state index in [1.165, 1.54) is 6.33 Å². The van der Waals surface area contributed by atoms with Gasteiger partial charge in [0.05, 0.1) is 0 Å². The lowest BCUT2D eigenvalue weighted by molar-refractivity contribution is 0.744. The third kappa shape index (κ3) is 1.92. The molecule has 6 nitrogen and oxygen atoms in total. The maximum absolute atomic E-state index is 5.17. The summed E-state index contributed by atoms with van der Waals surface area (Å²) in [6.45, 7) is 1.82. The Bertz CT molecular complexity index is 233. The van der Waals surface area contributed by atoms with Gasteiger partial charge in [-0.05, 0) is 6.92 Å². The SMILES string of the molecule is CC(N=C(N)N)c1ncn[nH]1. The lowest BCUT2D eigenvalue weighted by atomic mass is 10.3. The maximum atomic E-state index is 5.17. The van der Waals surface area contributed by atoms with Gasteiger partial charge in [-0.2, -0.15) is 5.10 Å². The van der Waals surface area contributed by atoms with Gasteiger partial charge in [0.1, 0.15) is 18.2 Å². The van der Waals surface area contributed by atoms with Gasteiger partial charge in [-0.3, -0.25) is 5.10 Å². The fraction of sp³-hybridized carbons (Fsp3) is 0.400. The lowest BCUT2D eigenvalue weighted by Gasteiger charge is -2.00. The highest BCUT2D eigenvalue weighted by molar-refractivity contribution is 5.75. The molecule has 60 valence electrons. The van der Waals surface area contributed by atoms with Crippen LogP contribution < -0.4 is 11.5 Å². The Balaban J connectivity index is 2.71. The van der Waals surface area contributed by atoms with E-state index in [0.29, 0.717) is 5.82 Å². The Morgan fingerprint density at radius 2 is 2.45 bits per heavy atom. The molecule has 5 N–H and O–H groups in total. The number of hydrogen-bond acceptors (Lipinski definition) is 3. The Morgan fingerprint density at radius 3 is 2.91 bits per heavy atom. The lowest BCUT2D eigenvalue weighted by Crippen LogP contribution is -2.23. The van der Waals surface area contributed by atoms with Crippen molar-refractivity contribution in [2.75, 3.05) is 0 Å². The topological polar surface area (TPSA) is 106 Å². The molecule has 0 aliphatic carbocycles. The second-order valence-corrected chi connectivity index (χ2v) is 2.10. The molecule has 6 heteroatoms. The number of nitrogens with two attached hydrogens (primary N) is 2. The molecule has 1 aromatic rings. The first kappa shape index (κ1) is 7.52. The molecule has 0 aromatic carbocycles. The number of aromatic amines is 1. The average molecular weight is 154 g/mol. The number of hydrogen-bond donors (Lipinski definition) is 3. The van der Waals surface area contributed by atoms with Crippen molar-refractivity contribution in [2.24, 2.45) is 16.5 Å². The van der Waals surface area contributed by atoms with Crippen molar-refractivity contribution < 1.29 is 0 Å². The minimum absolute atomic E-state index is 0.0499. The van der Waals surface area contributed by atoms with Gasteiger partial charge in [0.25, 0.3) is 0 Å². The molecule has 11 heavy (non-hydrogen) atoms. The molecule has 1 unspecified atom stereocenters. The fourth-order valence-corrected chi connectivity index (χ4v) is 0.701. The minimum Gasteiger partial charge on any atom is -0.370 e. The minimum atomic E-state index is -0.164. The Labute approximate surface area is 63.7 Å². The quantitative estimate of drug-likeness (QED) is 0.380. The first-order chi connectivity index (χ1) is 5.20. The highest BCUT2D eigenvalue weighted by Gasteiger charge is 2.04. The van der Waals surface area contributed by atoms with Gasteiger partial charge in [-0.25, -0.2) is 9.98 Å². The van der Waals surface area contributed by atoms with Crippen molar-refractivity contribution in [1.82, 2.24) is 15.2 Å². The summed E-state index contributed by atoms with van der Waals surface area (Å²) in [5.41, 5.74) is 10.3. The second-order valence-electron chi connectivity index (χ2n) is 2.10. The molecule has 0 radical (unpaired) electrons. The summed E-state index contributed by atoms with van der Waals surface area (Å²) < 4.78 is 0. The Kier molecular flexibility index (Phi) is 2.05. The molecule has 0 saturated heterocycles. The number of H-pyrrole nitrogens is 1. The number of guanidine groups is 1. The maximum Gasteiger partial charge on any atom is 0.186 e. The van der Waals surface area contributed by atoms with Crippen LogP contribution in [0.25, 0.3) is 0 Å². The molecule has 0 bridgehead atoms. The van der Waals surface area contributed by atoms with E-state index in [4.69, 9.17) is 11.5 Å². The summed E-state index contributed by atoms with van der Waals surface area (Å²) in [7, 11) is 0. The molecule has 1 atom stereocenters. The number of nitrogens with one attached hydrogen (secondary N) is 1. The molecule has 1 aromatic heterocycles. The van der Waals surface area contributed by atoms with Gasteiger partial charge in [0.2, 0.25) is 0 Å². The highest BCUT2D eigenvalue weighted by atomic mass is 15.2. The van der Waals surface area contributed by atoms with Crippen molar-refractivity contribution >= 4 is 5.96 Å². The van der Waals surface area contributed by atoms with Crippen LogP contribution in [0.4, 0.5) is 0 Å². The van der Waals surface area contributed by atoms with E-state index in [0.717, 1.165) is 0 Å². The van der Waals surface area contributed by atoms with Gasteiger partial charge in [-0.1, -0.05) is 0 Å². The van der Waals surface area contributed by atoms with Crippen LogP contribution in [-0.4, -0.2) is 21.1 Å². The summed E-state index contributed by atoms with van der Waals surface area (Å²) in [6.07, 6.45) is 1.41. The van der Waals surface area contributed by atoms with Crippen molar-refractivity contribution in [3.63, 3.8) is 0 Å². The van der Waals surface area contributed by atoms with E-state index in [-0.39, 0.29) is 12.0 Å². The van der Waals surface area contributed by atoms with Crippen LogP contribution in [0, 0.1) is 0 Å². The van der Waals surface area contributed by atoms with E-state index in [1.54, 1.807) is 0 Å². The van der Waals surface area contributed by atoms with Gasteiger partial charge in [0, 0.05) is 0 Å². The van der Waals surface area contributed by atoms with E-state index < -0.39 is 0 Å². The van der Waals surface area contributed by atoms with Crippen LogP contribution in [0.3, 0.4) is 0 Å². The van der Waals surface area contributed by atoms with Gasteiger partial charge < -0.3 is 11.5 Å². The second kappa shape index (κ2) is 3.00. The molecule has 1 rings (SSSR count). The van der Waals surface area contributed by atoms with Crippen LogP contribution in [0.2, 0.25) is 0 Å². The van der Waals surface area contributed by atoms with Crippen molar-refractivity contribution in [2.45, 2.75) is 13.0 Å². The molecule has 0 aliphatic rings. The first-order valence-corrected chi connectivity index (χ1v) is 3.14. The van der Waals surface area contributed by atoms with E-state index in [2.05, 4.69) is 20.2 Å². The van der Waals surface area contributed by atoms with Crippen molar-refractivity contribution in [1.29, 1.82) is 0 Å². The van der Waals surface area contributed by atoms with E-state index >= 15 is 0 Å². The Morgan fingerprint density at radius 1 is 1.73 bits per heavy atom. The molecule has 0 amide bonds. The van der Waals surface area contributed by atoms with Crippen LogP contribution in [0.5, 0.6) is 0 Å².